The van der Waals surface area contributed by atoms with Crippen molar-refractivity contribution >= 4 is 62.9 Å². The number of carbonyl (C=O) groups is 6. The first-order valence-electron chi connectivity index (χ1n) is 43.0. The molecule has 2 saturated heterocycles. The van der Waals surface area contributed by atoms with Gasteiger partial charge in [0.25, 0.3) is 11.7 Å². The number of aromatic hydroxyl groups is 1. The zero-order valence-corrected chi connectivity index (χ0v) is 72.3. The summed E-state index contributed by atoms with van der Waals surface area (Å²) >= 11 is 0. The molecule has 7 N–H and O–H groups in total. The maximum atomic E-state index is 14.8. The zero-order chi connectivity index (χ0) is 86.8. The second kappa shape index (κ2) is 50.0. The van der Waals surface area contributed by atoms with Gasteiger partial charge >= 0.3 is 5.97 Å². The lowest BCUT2D eigenvalue weighted by Crippen LogP contribution is -2.61. The monoisotopic (exact) mass is 1690 g/mol. The number of fused-ring (bicyclic) bond motifs is 5. The van der Waals surface area contributed by atoms with Gasteiger partial charge in [0.05, 0.1) is 147 Å². The number of ether oxygens (including phenoxy) is 13. The van der Waals surface area contributed by atoms with Crippen LogP contribution in [0, 0.1) is 35.5 Å². The summed E-state index contributed by atoms with van der Waals surface area (Å²) in [5.41, 5.74) is 11.0. The van der Waals surface area contributed by atoms with Crippen molar-refractivity contribution in [2.45, 2.75) is 219 Å². The Hall–Kier alpha value is -8.13. The quantitative estimate of drug-likeness (QED) is 0.00926. The van der Waals surface area contributed by atoms with E-state index in [1.165, 1.54) is 18.3 Å². The van der Waals surface area contributed by atoms with Crippen LogP contribution < -0.4 is 11.1 Å². The van der Waals surface area contributed by atoms with Gasteiger partial charge in [0, 0.05) is 88.9 Å². The number of hydrogen-bond acceptors (Lipinski definition) is 28. The number of nitrogen functional groups attached to an aromatic ring is 1. The number of esters is 1. The molecule has 1 aromatic carbocycles. The number of Topliss-reactive ketones (excluding diaryl/α,β-unsaturated/α-hetero) is 3. The van der Waals surface area contributed by atoms with Crippen molar-refractivity contribution in [2.75, 3.05) is 133 Å². The van der Waals surface area contributed by atoms with E-state index in [1.54, 1.807) is 68.6 Å². The number of aliphatic hydroxyl groups is 2. The molecule has 0 spiro atoms. The van der Waals surface area contributed by atoms with Crippen LogP contribution in [-0.2, 0) is 110 Å². The second-order valence-corrected chi connectivity index (χ2v) is 32.4. The van der Waals surface area contributed by atoms with E-state index >= 15 is 0 Å². The average molecular weight is 1700 g/mol. The molecule has 1 aliphatic carbocycles. The topological polar surface area (TPSA) is 414 Å². The molecule has 2 bridgehead atoms. The highest BCUT2D eigenvalue weighted by molar-refractivity contribution is 6.39. The molecule has 4 aliphatic rings. The van der Waals surface area contributed by atoms with E-state index < -0.39 is 77.8 Å². The van der Waals surface area contributed by atoms with Crippen LogP contribution in [0.2, 0.25) is 0 Å². The van der Waals surface area contributed by atoms with E-state index in [1.807, 2.05) is 70.3 Å². The molecule has 5 aromatic rings. The number of carbonyl (C=O) groups excluding carboxylic acids is 6. The van der Waals surface area contributed by atoms with Crippen LogP contribution in [-0.4, -0.2) is 277 Å². The first kappa shape index (κ1) is 96.7. The molecule has 121 heavy (non-hydrogen) atoms. The maximum Gasteiger partial charge on any atom is 0.329 e. The number of hydrogen-bond donors (Lipinski definition) is 6. The highest BCUT2D eigenvalue weighted by Gasteiger charge is 2.53. The number of unbranched alkanes of at least 4 members (excludes halogenated alkanes) is 1. The number of methoxy groups -OCH3 is 3. The fourth-order valence-electron chi connectivity index (χ4n) is 16.1. The molecule has 9 rings (SSSR count). The van der Waals surface area contributed by atoms with Crippen molar-refractivity contribution in [1.29, 1.82) is 0 Å². The van der Waals surface area contributed by atoms with E-state index in [0.717, 1.165) is 41.4 Å². The lowest BCUT2D eigenvalue weighted by atomic mass is 9.78. The fraction of sp³-hybridized carbons (Fsp3) is 0.670. The van der Waals surface area contributed by atoms with Crippen LogP contribution in [0.4, 0.5) is 5.82 Å². The number of allylic oxidation sites excluding steroid dienone is 6. The molecule has 4 aromatic heterocycles. The minimum atomic E-state index is -2.47. The predicted octanol–water partition coefficient (Wildman–Crippen LogP) is 8.68. The van der Waals surface area contributed by atoms with Crippen LogP contribution in [0.15, 0.2) is 84.4 Å². The molecule has 1 unspecified atom stereocenters. The zero-order valence-electron chi connectivity index (χ0n) is 72.3. The number of nitrogens with one attached hydrogen (secondary N) is 2. The van der Waals surface area contributed by atoms with E-state index in [-0.39, 0.29) is 92.2 Å². The average Bonchev–Trinajstić information content (AvgIpc) is 1.68. The molecule has 3 aliphatic heterocycles. The number of aryl methyl sites for hydroxylation is 1. The number of amides is 2. The standard InChI is InChI=1S/C88H131N11O22/c1-57-18-12-11-13-19-58(2)74(109-8)52-68-24-21-63(7)88(108,121-68)83(105)86(106)98-29-16-14-20-71(98)87(107)120-75(53-72(101)59(3)47-62(6)81(104)82(111-10)80(103)61(5)46-57)60(4)48-64-22-26-73(76(49-64)110-9)119-45-44-118-55-66-54-97(96-94-66)31-33-113-35-37-115-39-41-117-43-42-116-40-38-114-36-34-112-32-27-77(102)90-28-15-17-30-99-85-78(84(89)91-56-92-85)79(95-99)70-51-65-50-67(100)23-25-69(65)93-70/h11-13,18-19,23,25,47,50-51,54,56-57,59-61,63-64,68,71,73-76,81-82,93,100,104,108H,14-17,20-22,24,26-46,48-49,52-53,55H2,1-10H3,(H,90,102)(H2,89,91,92)/b13-11+,18-12+,58-19+,62-47+/t57-,59-,60-,61-,63-,64+,68+,71+,73-,74?,75+,76-,81-,82+,88-/m1/s1. The molecule has 670 valence electrons. The smallest absolute Gasteiger partial charge is 0.329 e. The molecule has 15 atom stereocenters. The number of rotatable bonds is 39. The normalized spacial score (nSPS) is 27.3. The molecule has 33 heteroatoms. The van der Waals surface area contributed by atoms with E-state index in [4.69, 9.17) is 72.4 Å². The first-order valence-corrected chi connectivity index (χ1v) is 43.0. The number of anilines is 1. The third-order valence-corrected chi connectivity index (χ3v) is 23.2. The van der Waals surface area contributed by atoms with Gasteiger partial charge in [-0.25, -0.2) is 24.1 Å². The van der Waals surface area contributed by atoms with Gasteiger partial charge in [0.15, 0.2) is 11.4 Å². The van der Waals surface area contributed by atoms with Crippen molar-refractivity contribution in [2.24, 2.45) is 35.5 Å². The third-order valence-electron chi connectivity index (χ3n) is 23.2. The van der Waals surface area contributed by atoms with Gasteiger partial charge in [-0.15, -0.1) is 5.10 Å². The van der Waals surface area contributed by atoms with Gasteiger partial charge < -0.3 is 97.8 Å². The number of ketones is 3. The number of nitrogens with two attached hydrogens (primary N) is 1. The molecular formula is C88H131N11O22. The summed E-state index contributed by atoms with van der Waals surface area (Å²) in [5.74, 6) is -7.91. The number of aromatic nitrogens is 8. The van der Waals surface area contributed by atoms with Gasteiger partial charge in [0.2, 0.25) is 11.7 Å². The molecule has 3 fully saturated rings. The summed E-state index contributed by atoms with van der Waals surface area (Å²) in [6, 6.07) is 5.82. The summed E-state index contributed by atoms with van der Waals surface area (Å²) in [4.78, 5) is 97.8. The Kier molecular flexibility index (Phi) is 39.9. The Balaban J connectivity index is 0.619. The van der Waals surface area contributed by atoms with Gasteiger partial charge in [-0.3, -0.25) is 24.0 Å². The highest BCUT2D eigenvalue weighted by Crippen LogP contribution is 2.39. The Morgan fingerprint density at radius 1 is 0.760 bits per heavy atom. The van der Waals surface area contributed by atoms with Crippen molar-refractivity contribution in [3.63, 3.8) is 0 Å². The molecule has 2 amide bonds. The predicted molar refractivity (Wildman–Crippen MR) is 449 cm³/mol. The summed E-state index contributed by atoms with van der Waals surface area (Å²) in [7, 11) is 4.61. The first-order chi connectivity index (χ1) is 58.4. The minimum Gasteiger partial charge on any atom is -0.508 e. The number of aliphatic hydroxyl groups excluding tert-OH is 1. The van der Waals surface area contributed by atoms with Crippen molar-refractivity contribution in [3.05, 3.63) is 90.1 Å². The summed E-state index contributed by atoms with van der Waals surface area (Å²) in [5, 5.41) is 51.4. The van der Waals surface area contributed by atoms with Crippen molar-refractivity contribution in [3.8, 4) is 17.1 Å². The van der Waals surface area contributed by atoms with E-state index in [9.17, 15) is 44.1 Å². The molecule has 33 nitrogen and oxygen atoms in total. The Morgan fingerprint density at radius 3 is 2.18 bits per heavy atom. The van der Waals surface area contributed by atoms with E-state index in [0.29, 0.717) is 197 Å². The molecule has 7 heterocycles. The number of H-pyrrole nitrogens is 1. The van der Waals surface area contributed by atoms with Gasteiger partial charge in [-0.2, -0.15) is 5.10 Å². The van der Waals surface area contributed by atoms with Crippen LogP contribution in [0.25, 0.3) is 33.3 Å². The van der Waals surface area contributed by atoms with Gasteiger partial charge in [-0.05, 0) is 144 Å². The highest BCUT2D eigenvalue weighted by atomic mass is 16.6. The van der Waals surface area contributed by atoms with E-state index in [2.05, 4.69) is 30.6 Å². The van der Waals surface area contributed by atoms with Crippen LogP contribution in [0.3, 0.4) is 0 Å². The molecule has 1 saturated carbocycles. The lowest BCUT2D eigenvalue weighted by Gasteiger charge is -2.42. The van der Waals surface area contributed by atoms with Gasteiger partial charge in [-0.1, -0.05) is 76.3 Å². The Bertz CT molecular complexity index is 4200. The van der Waals surface area contributed by atoms with Crippen LogP contribution in [0.5, 0.6) is 5.75 Å². The number of cyclic esters (lactones) is 1. The fourth-order valence-corrected chi connectivity index (χ4v) is 16.1. The Labute approximate surface area is 709 Å². The van der Waals surface area contributed by atoms with Crippen LogP contribution >= 0.6 is 0 Å². The minimum absolute atomic E-state index is 0.00890. The Morgan fingerprint density at radius 2 is 1.47 bits per heavy atom. The number of benzene rings is 1. The number of phenolic OH excluding ortho intramolecular Hbond substituents is 1. The van der Waals surface area contributed by atoms with Gasteiger partial charge in [0.1, 0.15) is 59.4 Å². The molecular weight excluding hydrogens is 1560 g/mol. The molecule has 0 radical (unpaired) electrons. The number of nitrogens with zero attached hydrogens (tertiary/aromatic N) is 8. The SMILES string of the molecule is COC1C[C@@H]2CC[C@@H](C)[C@@](O)(O2)C(=O)C(=O)N2CCCC[C@H]2C(=O)O[C@H]([C@H](C)C[C@@H]2CC[C@@H](OCCOCc3cn(CCOCCOCCOCCOCCOCCOCCC(=O)NCCCCn4nc(-c5cc6cc(O)ccc6[nH]5)c5c(N)ncnc54)nn3)[C@H](OC)C2)CC(=O)[C@H](C)/C=C(\C)[C@@H](O)[C@@H](OC)C(=O)[C@H](C)C[C@H](C)/C=C/C=C/C=C/1C. The van der Waals surface area contributed by atoms with Crippen molar-refractivity contribution in [1.82, 2.24) is 49.9 Å². The largest absolute Gasteiger partial charge is 0.508 e. The van der Waals surface area contributed by atoms with Crippen LogP contribution in [0.1, 0.15) is 150 Å². The van der Waals surface area contributed by atoms with Crippen molar-refractivity contribution < 1.29 is 106 Å². The maximum absolute atomic E-state index is 14.8. The summed E-state index contributed by atoms with van der Waals surface area (Å²) < 4.78 is 79.8. The number of phenols is 1. The summed E-state index contributed by atoms with van der Waals surface area (Å²) in [6.07, 6.45) is 16.3. The number of piperidine rings is 1. The lowest BCUT2D eigenvalue weighted by molar-refractivity contribution is -0.265. The third kappa shape index (κ3) is 29.2. The number of aromatic amines is 1. The second-order valence-electron chi connectivity index (χ2n) is 32.4. The summed E-state index contributed by atoms with van der Waals surface area (Å²) in [6.45, 7) is 19.8.